The number of carbonyl (C=O) groups is 1. The van der Waals surface area contributed by atoms with Crippen molar-refractivity contribution in [1.82, 2.24) is 5.43 Å². The van der Waals surface area contributed by atoms with Crippen molar-refractivity contribution in [1.29, 1.82) is 0 Å². The normalized spacial score (nSPS) is 12.0. The van der Waals surface area contributed by atoms with E-state index in [2.05, 4.69) is 15.8 Å². The summed E-state index contributed by atoms with van der Waals surface area (Å²) < 4.78 is 5.39. The number of hydrogen-bond donors (Lipinski definition) is 2. The summed E-state index contributed by atoms with van der Waals surface area (Å²) in [5, 5.41) is 7.15. The molecule has 1 amide bonds. The summed E-state index contributed by atoms with van der Waals surface area (Å²) in [5.41, 5.74) is 5.49. The van der Waals surface area contributed by atoms with Gasteiger partial charge in [0.15, 0.2) is 0 Å². The van der Waals surface area contributed by atoms with Crippen molar-refractivity contribution < 1.29 is 9.53 Å². The third-order valence-corrected chi connectivity index (χ3v) is 3.51. The predicted octanol–water partition coefficient (Wildman–Crippen LogP) is 3.34. The smallest absolute Gasteiger partial charge is 0.262 e. The van der Waals surface area contributed by atoms with Crippen molar-refractivity contribution in [2.24, 2.45) is 5.10 Å². The van der Waals surface area contributed by atoms with E-state index in [4.69, 9.17) is 4.74 Å². The Bertz CT molecular complexity index is 696. The minimum Gasteiger partial charge on any atom is -0.494 e. The van der Waals surface area contributed by atoms with Crippen LogP contribution in [0.25, 0.3) is 0 Å². The van der Waals surface area contributed by atoms with E-state index in [9.17, 15) is 4.79 Å². The molecule has 0 spiro atoms. The molecule has 0 aromatic heterocycles. The van der Waals surface area contributed by atoms with Gasteiger partial charge in [-0.2, -0.15) is 5.10 Å². The molecule has 126 valence electrons. The van der Waals surface area contributed by atoms with Crippen molar-refractivity contribution in [3.05, 3.63) is 59.7 Å². The van der Waals surface area contributed by atoms with Crippen LogP contribution in [0.3, 0.4) is 0 Å². The summed E-state index contributed by atoms with van der Waals surface area (Å²) in [6, 6.07) is 14.9. The lowest BCUT2D eigenvalue weighted by molar-refractivity contribution is -0.121. The first kappa shape index (κ1) is 17.5. The molecule has 0 radical (unpaired) electrons. The van der Waals surface area contributed by atoms with Gasteiger partial charge in [-0.15, -0.1) is 0 Å². The topological polar surface area (TPSA) is 62.7 Å². The molecule has 0 saturated heterocycles. The highest BCUT2D eigenvalue weighted by Crippen LogP contribution is 2.16. The van der Waals surface area contributed by atoms with Crippen molar-refractivity contribution in [3.8, 4) is 5.75 Å². The Morgan fingerprint density at radius 1 is 1.21 bits per heavy atom. The van der Waals surface area contributed by atoms with Gasteiger partial charge in [0, 0.05) is 5.69 Å². The molecule has 0 heterocycles. The average Bonchev–Trinajstić information content (AvgIpc) is 2.58. The van der Waals surface area contributed by atoms with Gasteiger partial charge in [0.1, 0.15) is 11.8 Å². The molecule has 2 N–H and O–H groups in total. The zero-order valence-electron chi connectivity index (χ0n) is 14.2. The number of amides is 1. The molecular weight excluding hydrogens is 302 g/mol. The van der Waals surface area contributed by atoms with Crippen LogP contribution in [0.2, 0.25) is 0 Å². The van der Waals surface area contributed by atoms with E-state index in [0.29, 0.717) is 6.61 Å². The quantitative estimate of drug-likeness (QED) is 0.606. The molecular formula is C19H23N3O2. The van der Waals surface area contributed by atoms with Gasteiger partial charge >= 0.3 is 0 Å². The highest BCUT2D eigenvalue weighted by molar-refractivity contribution is 5.87. The zero-order valence-corrected chi connectivity index (χ0v) is 14.2. The lowest BCUT2D eigenvalue weighted by atomic mass is 10.1. The maximum absolute atomic E-state index is 12.1. The monoisotopic (exact) mass is 325 g/mol. The summed E-state index contributed by atoms with van der Waals surface area (Å²) in [7, 11) is 0. The molecule has 0 aliphatic heterocycles. The fourth-order valence-corrected chi connectivity index (χ4v) is 2.12. The number of benzene rings is 2. The second kappa shape index (κ2) is 8.72. The van der Waals surface area contributed by atoms with Gasteiger partial charge in [0.25, 0.3) is 5.91 Å². The van der Waals surface area contributed by atoms with Crippen molar-refractivity contribution in [3.63, 3.8) is 0 Å². The lowest BCUT2D eigenvalue weighted by Gasteiger charge is -2.14. The maximum atomic E-state index is 12.1. The molecule has 5 nitrogen and oxygen atoms in total. The summed E-state index contributed by atoms with van der Waals surface area (Å²) >= 11 is 0. The third kappa shape index (κ3) is 5.12. The first-order valence-electron chi connectivity index (χ1n) is 7.98. The lowest BCUT2D eigenvalue weighted by Crippen LogP contribution is -2.34. The van der Waals surface area contributed by atoms with Crippen LogP contribution in [0.4, 0.5) is 5.69 Å². The second-order valence-electron chi connectivity index (χ2n) is 5.41. The van der Waals surface area contributed by atoms with E-state index < -0.39 is 6.04 Å². The van der Waals surface area contributed by atoms with E-state index in [-0.39, 0.29) is 5.91 Å². The molecule has 0 bridgehead atoms. The SMILES string of the molecule is CCOc1ccc(N[C@H](C)C(=O)N/N=C\c2ccccc2C)cc1. The van der Waals surface area contributed by atoms with Gasteiger partial charge in [-0.3, -0.25) is 4.79 Å². The largest absolute Gasteiger partial charge is 0.494 e. The number of carbonyl (C=O) groups excluding carboxylic acids is 1. The number of aryl methyl sites for hydroxylation is 1. The minimum atomic E-state index is -0.406. The van der Waals surface area contributed by atoms with E-state index >= 15 is 0 Å². The van der Waals surface area contributed by atoms with Crippen LogP contribution in [0.5, 0.6) is 5.75 Å². The molecule has 5 heteroatoms. The van der Waals surface area contributed by atoms with Crippen molar-refractivity contribution >= 4 is 17.8 Å². The summed E-state index contributed by atoms with van der Waals surface area (Å²) in [4.78, 5) is 12.1. The van der Waals surface area contributed by atoms with Gasteiger partial charge < -0.3 is 10.1 Å². The number of hydrogen-bond acceptors (Lipinski definition) is 4. The van der Waals surface area contributed by atoms with Crippen LogP contribution in [-0.4, -0.2) is 24.8 Å². The van der Waals surface area contributed by atoms with E-state index in [1.54, 1.807) is 13.1 Å². The van der Waals surface area contributed by atoms with Crippen molar-refractivity contribution in [2.75, 3.05) is 11.9 Å². The fraction of sp³-hybridized carbons (Fsp3) is 0.263. The van der Waals surface area contributed by atoms with Gasteiger partial charge in [-0.05, 0) is 56.2 Å². The maximum Gasteiger partial charge on any atom is 0.262 e. The Hall–Kier alpha value is -2.82. The Balaban J connectivity index is 1.86. The second-order valence-corrected chi connectivity index (χ2v) is 5.41. The average molecular weight is 325 g/mol. The first-order valence-corrected chi connectivity index (χ1v) is 7.98. The van der Waals surface area contributed by atoms with E-state index in [1.165, 1.54) is 0 Å². The van der Waals surface area contributed by atoms with Crippen LogP contribution < -0.4 is 15.5 Å². The number of nitrogens with zero attached hydrogens (tertiary/aromatic N) is 1. The zero-order chi connectivity index (χ0) is 17.4. The standard InChI is InChI=1S/C19H23N3O2/c1-4-24-18-11-9-17(10-12-18)21-15(3)19(23)22-20-13-16-8-6-5-7-14(16)2/h5-13,15,21H,4H2,1-3H3,(H,22,23)/b20-13-/t15-/m1/s1. The van der Waals surface area contributed by atoms with Crippen LogP contribution in [-0.2, 0) is 4.79 Å². The molecule has 2 aromatic rings. The van der Waals surface area contributed by atoms with Crippen LogP contribution in [0.15, 0.2) is 53.6 Å². The molecule has 24 heavy (non-hydrogen) atoms. The third-order valence-electron chi connectivity index (χ3n) is 3.51. The fourth-order valence-electron chi connectivity index (χ4n) is 2.12. The Morgan fingerprint density at radius 3 is 2.58 bits per heavy atom. The molecule has 0 unspecified atom stereocenters. The number of nitrogens with one attached hydrogen (secondary N) is 2. The number of ether oxygens (including phenoxy) is 1. The Labute approximate surface area is 142 Å². The summed E-state index contributed by atoms with van der Waals surface area (Å²) in [5.74, 6) is 0.608. The molecule has 0 aliphatic carbocycles. The highest BCUT2D eigenvalue weighted by Gasteiger charge is 2.11. The molecule has 0 fully saturated rings. The van der Waals surface area contributed by atoms with Crippen LogP contribution in [0.1, 0.15) is 25.0 Å². The predicted molar refractivity (Wildman–Crippen MR) is 97.6 cm³/mol. The van der Waals surface area contributed by atoms with Gasteiger partial charge in [0.2, 0.25) is 0 Å². The molecule has 1 atom stereocenters. The Morgan fingerprint density at radius 2 is 1.92 bits per heavy atom. The van der Waals surface area contributed by atoms with Crippen LogP contribution in [0, 0.1) is 6.92 Å². The number of rotatable bonds is 7. The molecule has 0 aliphatic rings. The van der Waals surface area contributed by atoms with Gasteiger partial charge in [0.05, 0.1) is 12.8 Å². The molecule has 2 rings (SSSR count). The summed E-state index contributed by atoms with van der Waals surface area (Å²) in [6.07, 6.45) is 1.65. The molecule has 2 aromatic carbocycles. The first-order chi connectivity index (χ1) is 11.6. The van der Waals surface area contributed by atoms with E-state index in [0.717, 1.165) is 22.6 Å². The summed E-state index contributed by atoms with van der Waals surface area (Å²) in [6.45, 7) is 6.36. The Kier molecular flexibility index (Phi) is 6.37. The van der Waals surface area contributed by atoms with Crippen LogP contribution >= 0.6 is 0 Å². The van der Waals surface area contributed by atoms with Gasteiger partial charge in [-0.1, -0.05) is 24.3 Å². The number of anilines is 1. The van der Waals surface area contributed by atoms with E-state index in [1.807, 2.05) is 62.4 Å². The van der Waals surface area contributed by atoms with Crippen molar-refractivity contribution in [2.45, 2.75) is 26.8 Å². The number of hydrazone groups is 1. The minimum absolute atomic E-state index is 0.200. The highest BCUT2D eigenvalue weighted by atomic mass is 16.5. The van der Waals surface area contributed by atoms with Gasteiger partial charge in [-0.25, -0.2) is 5.43 Å². The molecule has 0 saturated carbocycles.